The van der Waals surface area contributed by atoms with Gasteiger partial charge in [-0.3, -0.25) is 9.78 Å². The van der Waals surface area contributed by atoms with Gasteiger partial charge in [-0.1, -0.05) is 30.3 Å². The molecule has 0 aliphatic carbocycles. The van der Waals surface area contributed by atoms with Gasteiger partial charge < -0.3 is 25.1 Å². The molecule has 1 saturated heterocycles. The van der Waals surface area contributed by atoms with Crippen molar-refractivity contribution in [3.63, 3.8) is 0 Å². The lowest BCUT2D eigenvalue weighted by molar-refractivity contribution is -0.116. The molecule has 9 heteroatoms. The van der Waals surface area contributed by atoms with E-state index < -0.39 is 5.97 Å². The SMILES string of the molecule is Cc1ccccc1NC(=O)CCN1C(=S)N[C@H](c2ccccn2)[C@@H]1c1ccc(-c2ccc(C(=O)O)cc2C)o1. The number of aryl methyl sites for hydroxylation is 2. The summed E-state index contributed by atoms with van der Waals surface area (Å²) in [6.45, 7) is 4.18. The van der Waals surface area contributed by atoms with E-state index in [0.29, 0.717) is 23.2 Å². The molecule has 0 spiro atoms. The fourth-order valence-corrected chi connectivity index (χ4v) is 5.16. The highest BCUT2D eigenvalue weighted by Crippen LogP contribution is 2.41. The Labute approximate surface area is 231 Å². The van der Waals surface area contributed by atoms with Crippen molar-refractivity contribution in [1.82, 2.24) is 15.2 Å². The molecular weight excluding hydrogens is 512 g/mol. The highest BCUT2D eigenvalue weighted by Gasteiger charge is 2.41. The summed E-state index contributed by atoms with van der Waals surface area (Å²) in [6, 6.07) is 21.5. The van der Waals surface area contributed by atoms with E-state index in [4.69, 9.17) is 16.6 Å². The molecule has 1 aliphatic heterocycles. The Kier molecular flexibility index (Phi) is 7.42. The predicted octanol–water partition coefficient (Wildman–Crippen LogP) is 5.66. The third-order valence-electron chi connectivity index (χ3n) is 6.85. The Hall–Kier alpha value is -4.50. The number of benzene rings is 2. The summed E-state index contributed by atoms with van der Waals surface area (Å²) < 4.78 is 6.37. The van der Waals surface area contributed by atoms with E-state index in [9.17, 15) is 14.7 Å². The summed E-state index contributed by atoms with van der Waals surface area (Å²) in [5, 5.41) is 16.2. The first-order chi connectivity index (χ1) is 18.8. The Morgan fingerprint density at radius 2 is 1.85 bits per heavy atom. The number of amides is 1. The molecule has 8 nitrogen and oxygen atoms in total. The molecule has 3 N–H and O–H groups in total. The number of para-hydroxylation sites is 1. The minimum absolute atomic E-state index is 0.110. The van der Waals surface area contributed by atoms with Gasteiger partial charge >= 0.3 is 5.97 Å². The molecule has 1 fully saturated rings. The van der Waals surface area contributed by atoms with E-state index in [-0.39, 0.29) is 30.0 Å². The summed E-state index contributed by atoms with van der Waals surface area (Å²) in [6.07, 6.45) is 1.96. The number of carbonyl (C=O) groups is 2. The second-order valence-electron chi connectivity index (χ2n) is 9.47. The minimum atomic E-state index is -0.976. The third kappa shape index (κ3) is 5.53. The monoisotopic (exact) mass is 540 g/mol. The van der Waals surface area contributed by atoms with E-state index in [2.05, 4.69) is 15.6 Å². The van der Waals surface area contributed by atoms with Crippen LogP contribution in [0.4, 0.5) is 5.69 Å². The molecule has 0 bridgehead atoms. The summed E-state index contributed by atoms with van der Waals surface area (Å²) in [4.78, 5) is 30.7. The number of carboxylic acids is 1. The molecule has 39 heavy (non-hydrogen) atoms. The second-order valence-corrected chi connectivity index (χ2v) is 9.86. The summed E-state index contributed by atoms with van der Waals surface area (Å²) in [7, 11) is 0. The van der Waals surface area contributed by atoms with Gasteiger partial charge in [0.25, 0.3) is 0 Å². The fraction of sp³-hybridized carbons (Fsp3) is 0.200. The standard InChI is InChI=1S/C30H28N4O4S/c1-18-7-3-4-8-22(18)32-26(35)14-16-34-28(27(33-30(34)39)23-9-5-6-15-31-23)25-13-12-24(38-25)21-11-10-20(29(36)37)17-19(21)2/h3-13,15,17,27-28H,14,16H2,1-2H3,(H,32,35)(H,33,39)(H,36,37)/t27-,28+/m1/s1. The zero-order valence-electron chi connectivity index (χ0n) is 21.5. The number of aromatic carboxylic acids is 1. The number of carbonyl (C=O) groups excluding carboxylic acids is 1. The van der Waals surface area contributed by atoms with Crippen LogP contribution in [0.5, 0.6) is 0 Å². The number of carboxylic acid groups (broad SMARTS) is 1. The van der Waals surface area contributed by atoms with Gasteiger partial charge in [0, 0.05) is 30.4 Å². The minimum Gasteiger partial charge on any atom is -0.478 e. The molecule has 2 aromatic carbocycles. The number of nitrogens with one attached hydrogen (secondary N) is 2. The van der Waals surface area contributed by atoms with Crippen LogP contribution >= 0.6 is 12.2 Å². The Balaban J connectivity index is 1.42. The van der Waals surface area contributed by atoms with Crippen LogP contribution in [-0.4, -0.2) is 38.5 Å². The number of furan rings is 1. The molecule has 0 unspecified atom stereocenters. The fourth-order valence-electron chi connectivity index (χ4n) is 4.83. The molecule has 2 atom stereocenters. The second kappa shape index (κ2) is 11.1. The highest BCUT2D eigenvalue weighted by atomic mass is 32.1. The molecule has 1 aliphatic rings. The first-order valence-corrected chi connectivity index (χ1v) is 13.0. The van der Waals surface area contributed by atoms with Crippen LogP contribution in [0.15, 0.2) is 83.4 Å². The van der Waals surface area contributed by atoms with E-state index >= 15 is 0 Å². The summed E-state index contributed by atoms with van der Waals surface area (Å²) >= 11 is 5.71. The number of pyridine rings is 1. The molecular formula is C30H28N4O4S. The Morgan fingerprint density at radius 3 is 2.56 bits per heavy atom. The molecule has 4 aromatic rings. The van der Waals surface area contributed by atoms with Crippen LogP contribution in [-0.2, 0) is 4.79 Å². The number of anilines is 1. The first-order valence-electron chi connectivity index (χ1n) is 12.6. The predicted molar refractivity (Wildman–Crippen MR) is 152 cm³/mol. The van der Waals surface area contributed by atoms with E-state index in [1.54, 1.807) is 24.4 Å². The quantitative estimate of drug-likeness (QED) is 0.246. The lowest BCUT2D eigenvalue weighted by Gasteiger charge is -2.26. The van der Waals surface area contributed by atoms with Crippen molar-refractivity contribution in [2.75, 3.05) is 11.9 Å². The van der Waals surface area contributed by atoms with E-state index in [0.717, 1.165) is 28.1 Å². The molecule has 0 saturated carbocycles. The van der Waals surface area contributed by atoms with Crippen molar-refractivity contribution >= 4 is 34.9 Å². The normalized spacial score (nSPS) is 16.7. The topological polar surface area (TPSA) is 108 Å². The van der Waals surface area contributed by atoms with Gasteiger partial charge in [0.15, 0.2) is 5.11 Å². The van der Waals surface area contributed by atoms with Crippen molar-refractivity contribution in [1.29, 1.82) is 0 Å². The van der Waals surface area contributed by atoms with Gasteiger partial charge in [-0.2, -0.15) is 0 Å². The van der Waals surface area contributed by atoms with Crippen molar-refractivity contribution in [3.05, 3.63) is 107 Å². The first kappa shape index (κ1) is 26.1. The number of rotatable bonds is 8. The Bertz CT molecular complexity index is 1530. The summed E-state index contributed by atoms with van der Waals surface area (Å²) in [5.74, 6) is 0.195. The van der Waals surface area contributed by atoms with Crippen LogP contribution < -0.4 is 10.6 Å². The van der Waals surface area contributed by atoms with E-state index in [1.807, 2.05) is 73.3 Å². The van der Waals surface area contributed by atoms with Gasteiger partial charge in [-0.25, -0.2) is 4.79 Å². The molecule has 1 amide bonds. The van der Waals surface area contributed by atoms with Crippen LogP contribution in [0.3, 0.4) is 0 Å². The van der Waals surface area contributed by atoms with E-state index in [1.165, 1.54) is 0 Å². The number of hydrogen-bond acceptors (Lipinski definition) is 5. The maximum Gasteiger partial charge on any atom is 0.335 e. The smallest absolute Gasteiger partial charge is 0.335 e. The average molecular weight is 541 g/mol. The zero-order chi connectivity index (χ0) is 27.5. The van der Waals surface area contributed by atoms with Gasteiger partial charge in [0.1, 0.15) is 17.6 Å². The van der Waals surface area contributed by atoms with Gasteiger partial charge in [0.2, 0.25) is 5.91 Å². The van der Waals surface area contributed by atoms with Crippen molar-refractivity contribution in [3.8, 4) is 11.3 Å². The van der Waals surface area contributed by atoms with Crippen LogP contribution in [0.2, 0.25) is 0 Å². The van der Waals surface area contributed by atoms with Crippen molar-refractivity contribution < 1.29 is 19.1 Å². The molecule has 198 valence electrons. The highest BCUT2D eigenvalue weighted by molar-refractivity contribution is 7.80. The third-order valence-corrected chi connectivity index (χ3v) is 7.21. The lowest BCUT2D eigenvalue weighted by atomic mass is 10.0. The number of aromatic nitrogens is 1. The molecule has 5 rings (SSSR count). The van der Waals surface area contributed by atoms with Crippen molar-refractivity contribution in [2.45, 2.75) is 32.4 Å². The van der Waals surface area contributed by atoms with Gasteiger partial charge in [0.05, 0.1) is 17.3 Å². The maximum absolute atomic E-state index is 12.8. The van der Waals surface area contributed by atoms with Crippen LogP contribution in [0.25, 0.3) is 11.3 Å². The zero-order valence-corrected chi connectivity index (χ0v) is 22.4. The maximum atomic E-state index is 12.8. The number of thiocarbonyl (C=S) groups is 1. The number of hydrogen-bond donors (Lipinski definition) is 3. The van der Waals surface area contributed by atoms with Crippen LogP contribution in [0, 0.1) is 13.8 Å². The average Bonchev–Trinajstić information content (AvgIpc) is 3.53. The molecule has 3 heterocycles. The van der Waals surface area contributed by atoms with Crippen LogP contribution in [0.1, 0.15) is 51.4 Å². The lowest BCUT2D eigenvalue weighted by Crippen LogP contribution is -2.32. The van der Waals surface area contributed by atoms with Crippen molar-refractivity contribution in [2.24, 2.45) is 0 Å². The Morgan fingerprint density at radius 1 is 1.05 bits per heavy atom. The molecule has 2 aromatic heterocycles. The molecule has 0 radical (unpaired) electrons. The van der Waals surface area contributed by atoms with Gasteiger partial charge in [-0.15, -0.1) is 0 Å². The van der Waals surface area contributed by atoms with Gasteiger partial charge in [-0.05, 0) is 79.7 Å². The largest absolute Gasteiger partial charge is 0.478 e. The number of nitrogens with zero attached hydrogens (tertiary/aromatic N) is 2. The summed E-state index contributed by atoms with van der Waals surface area (Å²) in [5.41, 5.74) is 4.40.